The first kappa shape index (κ1) is 21.9. The van der Waals surface area contributed by atoms with E-state index in [-0.39, 0.29) is 10.9 Å². The zero-order chi connectivity index (χ0) is 21.0. The number of hydrogen-bond donors (Lipinski definition) is 2. The Morgan fingerprint density at radius 2 is 1.87 bits per heavy atom. The molecule has 164 valence electrons. The summed E-state index contributed by atoms with van der Waals surface area (Å²) in [5.41, 5.74) is 0. The van der Waals surface area contributed by atoms with Crippen molar-refractivity contribution in [3.05, 3.63) is 35.6 Å². The molecule has 4 rings (SSSR count). The van der Waals surface area contributed by atoms with Crippen LogP contribution in [0, 0.1) is 0 Å². The van der Waals surface area contributed by atoms with Crippen molar-refractivity contribution in [3.63, 3.8) is 0 Å². The molecule has 2 saturated heterocycles. The Labute approximate surface area is 183 Å². The molecule has 2 aliphatic rings. The van der Waals surface area contributed by atoms with Crippen LogP contribution in [0.1, 0.15) is 25.7 Å². The topological polar surface area (TPSA) is 83.6 Å². The first-order valence-corrected chi connectivity index (χ1v) is 12.4. The largest absolute Gasteiger partial charge is 0.381 e. The number of fused-ring (bicyclic) bond motifs is 1. The van der Waals surface area contributed by atoms with Gasteiger partial charge in [0.15, 0.2) is 0 Å². The molecule has 2 aromatic rings. The third-order valence-corrected chi connectivity index (χ3v) is 8.10. The summed E-state index contributed by atoms with van der Waals surface area (Å²) in [6, 6.07) is 5.94. The fraction of sp³-hybridized carbons (Fsp3) is 0.571. The van der Waals surface area contributed by atoms with E-state index in [0.29, 0.717) is 29.5 Å². The SMILES string of the molecule is O=S(=O)(c1cccc2cncc(Cl)c12)N1CC[C@@H](NCCCNC2CCOCC2)C1. The van der Waals surface area contributed by atoms with E-state index in [9.17, 15) is 8.42 Å². The Balaban J connectivity index is 1.31. The quantitative estimate of drug-likeness (QED) is 0.598. The smallest absolute Gasteiger partial charge is 0.243 e. The lowest BCUT2D eigenvalue weighted by Gasteiger charge is -2.23. The van der Waals surface area contributed by atoms with Crippen molar-refractivity contribution < 1.29 is 13.2 Å². The van der Waals surface area contributed by atoms with Gasteiger partial charge in [-0.1, -0.05) is 23.7 Å². The number of halogens is 1. The summed E-state index contributed by atoms with van der Waals surface area (Å²) in [6.07, 6.45) is 7.13. The Hall–Kier alpha value is -1.29. The lowest BCUT2D eigenvalue weighted by molar-refractivity contribution is 0.0780. The lowest BCUT2D eigenvalue weighted by Crippen LogP contribution is -2.38. The van der Waals surface area contributed by atoms with Gasteiger partial charge in [-0.15, -0.1) is 0 Å². The minimum Gasteiger partial charge on any atom is -0.381 e. The van der Waals surface area contributed by atoms with Crippen LogP contribution in [0.2, 0.25) is 5.02 Å². The first-order chi connectivity index (χ1) is 14.6. The van der Waals surface area contributed by atoms with Crippen LogP contribution in [0.5, 0.6) is 0 Å². The van der Waals surface area contributed by atoms with Crippen LogP contribution >= 0.6 is 11.6 Å². The van der Waals surface area contributed by atoms with Crippen molar-refractivity contribution in [1.82, 2.24) is 19.9 Å². The molecule has 0 unspecified atom stereocenters. The van der Waals surface area contributed by atoms with Crippen LogP contribution < -0.4 is 10.6 Å². The highest BCUT2D eigenvalue weighted by Gasteiger charge is 2.33. The molecular weight excluding hydrogens is 424 g/mol. The second-order valence-electron chi connectivity index (χ2n) is 7.97. The van der Waals surface area contributed by atoms with E-state index in [0.717, 1.165) is 57.4 Å². The summed E-state index contributed by atoms with van der Waals surface area (Å²) < 4.78 is 33.5. The van der Waals surface area contributed by atoms with Crippen LogP contribution in [-0.2, 0) is 14.8 Å². The summed E-state index contributed by atoms with van der Waals surface area (Å²) >= 11 is 6.29. The highest BCUT2D eigenvalue weighted by molar-refractivity contribution is 7.89. The second-order valence-corrected chi connectivity index (χ2v) is 10.3. The van der Waals surface area contributed by atoms with Crippen LogP contribution in [0.15, 0.2) is 35.5 Å². The number of benzene rings is 1. The summed E-state index contributed by atoms with van der Waals surface area (Å²) in [7, 11) is -3.61. The van der Waals surface area contributed by atoms with Gasteiger partial charge in [0.2, 0.25) is 10.0 Å². The number of nitrogens with zero attached hydrogens (tertiary/aromatic N) is 2. The van der Waals surface area contributed by atoms with Gasteiger partial charge in [-0.3, -0.25) is 4.98 Å². The molecule has 0 radical (unpaired) electrons. The van der Waals surface area contributed by atoms with Gasteiger partial charge in [0.1, 0.15) is 0 Å². The van der Waals surface area contributed by atoms with Gasteiger partial charge < -0.3 is 15.4 Å². The molecule has 2 fully saturated rings. The molecular formula is C21H29ClN4O3S. The van der Waals surface area contributed by atoms with Crippen LogP contribution in [-0.4, -0.2) is 69.2 Å². The Morgan fingerprint density at radius 1 is 1.10 bits per heavy atom. The minimum atomic E-state index is -3.61. The zero-order valence-electron chi connectivity index (χ0n) is 17.0. The Bertz CT molecular complexity index is 961. The summed E-state index contributed by atoms with van der Waals surface area (Å²) in [5.74, 6) is 0. The van der Waals surface area contributed by atoms with Crippen molar-refractivity contribution in [3.8, 4) is 0 Å². The van der Waals surface area contributed by atoms with Crippen molar-refractivity contribution in [2.24, 2.45) is 0 Å². The van der Waals surface area contributed by atoms with Gasteiger partial charge in [0.05, 0.1) is 9.92 Å². The molecule has 2 aliphatic heterocycles. The van der Waals surface area contributed by atoms with Crippen molar-refractivity contribution >= 4 is 32.4 Å². The maximum Gasteiger partial charge on any atom is 0.243 e. The highest BCUT2D eigenvalue weighted by atomic mass is 35.5. The van der Waals surface area contributed by atoms with E-state index in [1.54, 1.807) is 22.6 Å². The molecule has 3 heterocycles. The number of aromatic nitrogens is 1. The number of nitrogens with one attached hydrogen (secondary N) is 2. The molecule has 1 atom stereocenters. The van der Waals surface area contributed by atoms with E-state index < -0.39 is 10.0 Å². The van der Waals surface area contributed by atoms with Crippen LogP contribution in [0.4, 0.5) is 0 Å². The molecule has 2 N–H and O–H groups in total. The predicted molar refractivity (Wildman–Crippen MR) is 118 cm³/mol. The fourth-order valence-corrected chi connectivity index (χ4v) is 6.29. The Kier molecular flexibility index (Phi) is 7.23. The molecule has 0 saturated carbocycles. The summed E-state index contributed by atoms with van der Waals surface area (Å²) in [6.45, 7) is 4.53. The number of ether oxygens (including phenoxy) is 1. The normalized spacial score (nSPS) is 21.4. The van der Waals surface area contributed by atoms with E-state index >= 15 is 0 Å². The van der Waals surface area contributed by atoms with Crippen LogP contribution in [0.25, 0.3) is 10.8 Å². The van der Waals surface area contributed by atoms with Gasteiger partial charge in [-0.2, -0.15) is 4.31 Å². The summed E-state index contributed by atoms with van der Waals surface area (Å²) in [5, 5.41) is 8.73. The molecule has 30 heavy (non-hydrogen) atoms. The van der Waals surface area contributed by atoms with Crippen LogP contribution in [0.3, 0.4) is 0 Å². The van der Waals surface area contributed by atoms with Gasteiger partial charge in [-0.25, -0.2) is 8.42 Å². The average molecular weight is 453 g/mol. The highest BCUT2D eigenvalue weighted by Crippen LogP contribution is 2.32. The lowest BCUT2D eigenvalue weighted by atomic mass is 10.1. The molecule has 1 aromatic carbocycles. The monoisotopic (exact) mass is 452 g/mol. The summed E-state index contributed by atoms with van der Waals surface area (Å²) in [4.78, 5) is 4.32. The third-order valence-electron chi connectivity index (χ3n) is 5.91. The maximum atomic E-state index is 13.3. The van der Waals surface area contributed by atoms with E-state index in [1.807, 2.05) is 6.07 Å². The number of rotatable bonds is 8. The molecule has 1 aromatic heterocycles. The third kappa shape index (κ3) is 4.95. The maximum absolute atomic E-state index is 13.3. The standard InChI is InChI=1S/C21H29ClN4O3S/c22-19-14-23-13-16-3-1-4-20(21(16)19)30(27,28)26-10-5-18(15-26)25-9-2-8-24-17-6-11-29-12-7-17/h1,3-4,13-14,17-18,24-25H,2,5-12,15H2/t18-/m1/s1. The molecule has 0 amide bonds. The predicted octanol–water partition coefficient (Wildman–Crippen LogP) is 2.40. The van der Waals surface area contributed by atoms with Gasteiger partial charge in [-0.05, 0) is 44.8 Å². The van der Waals surface area contributed by atoms with E-state index in [1.165, 1.54) is 6.20 Å². The molecule has 9 heteroatoms. The van der Waals surface area contributed by atoms with Gasteiger partial charge in [0, 0.05) is 61.6 Å². The minimum absolute atomic E-state index is 0.176. The molecule has 7 nitrogen and oxygen atoms in total. The molecule has 0 bridgehead atoms. The number of pyridine rings is 1. The first-order valence-electron chi connectivity index (χ1n) is 10.6. The second kappa shape index (κ2) is 9.89. The fourth-order valence-electron chi connectivity index (χ4n) is 4.23. The van der Waals surface area contributed by atoms with Gasteiger partial charge >= 0.3 is 0 Å². The Morgan fingerprint density at radius 3 is 2.67 bits per heavy atom. The average Bonchev–Trinajstić information content (AvgIpc) is 3.24. The molecule has 0 spiro atoms. The zero-order valence-corrected chi connectivity index (χ0v) is 18.6. The van der Waals surface area contributed by atoms with Crippen molar-refractivity contribution in [2.75, 3.05) is 39.4 Å². The van der Waals surface area contributed by atoms with E-state index in [2.05, 4.69) is 15.6 Å². The number of sulfonamides is 1. The molecule has 0 aliphatic carbocycles. The van der Waals surface area contributed by atoms with Gasteiger partial charge in [0.25, 0.3) is 0 Å². The van der Waals surface area contributed by atoms with Crippen molar-refractivity contribution in [1.29, 1.82) is 0 Å². The van der Waals surface area contributed by atoms with E-state index in [4.69, 9.17) is 16.3 Å². The van der Waals surface area contributed by atoms with Crippen molar-refractivity contribution in [2.45, 2.75) is 42.7 Å². The number of hydrogen-bond acceptors (Lipinski definition) is 6.